The molecule has 0 aliphatic rings. The monoisotopic (exact) mass is 1390 g/mol. The molecule has 0 fully saturated rings. The minimum Gasteiger partial charge on any atom is -0.462 e. The van der Waals surface area contributed by atoms with E-state index in [1.54, 1.807) is 0 Å². The lowest BCUT2D eigenvalue weighted by atomic mass is 10.1. The molecule has 0 heterocycles. The van der Waals surface area contributed by atoms with Gasteiger partial charge in [0, 0.05) is 25.7 Å². The van der Waals surface area contributed by atoms with Gasteiger partial charge in [-0.2, -0.15) is 0 Å². The lowest BCUT2D eigenvalue weighted by Crippen LogP contribution is -2.30. The fourth-order valence-corrected chi connectivity index (χ4v) is 11.2. The number of carbonyl (C=O) groups excluding carboxylic acids is 4. The Morgan fingerprint density at radius 3 is 0.854 bits per heavy atom. The standard InChI is InChI=1S/C77H132O17P2/c1-5-9-13-17-21-25-29-31-33-34-35-36-38-40-44-46-50-54-58-62-75(80)88-68-73(94-77(82)64-60-56-52-48-42-28-24-20-16-12-8-4)70-92-96(85,86)90-66-71(78)65-89-95(83,84)91-69-72(93-76(81)63-59-55-51-47-41-27-23-19-15-11-7-3)67-87-74(79)61-57-53-49-45-43-39-37-32-30-26-22-18-14-10-6-2/h9-10,13-14,21-22,25-26,31-33,35-37,40,43-45,71-73,78H,5-8,11-12,15-20,23-24,27-30,34,38-39,41-42,46-70H2,1-4H3,(H,83,84)(H,85,86)/b13-9-,14-10-,25-21-,26-22-,33-31-,36-35-,37-32-,44-40-,45-43-. The van der Waals surface area contributed by atoms with Gasteiger partial charge in [0.1, 0.15) is 19.3 Å². The summed E-state index contributed by atoms with van der Waals surface area (Å²) in [7, 11) is -9.95. The van der Waals surface area contributed by atoms with E-state index >= 15 is 0 Å². The molecule has 0 aliphatic heterocycles. The van der Waals surface area contributed by atoms with Crippen LogP contribution in [0.4, 0.5) is 0 Å². The van der Waals surface area contributed by atoms with E-state index in [0.29, 0.717) is 25.7 Å². The van der Waals surface area contributed by atoms with Crippen LogP contribution in [-0.2, 0) is 65.4 Å². The smallest absolute Gasteiger partial charge is 0.462 e. The van der Waals surface area contributed by atoms with Gasteiger partial charge in [-0.15, -0.1) is 0 Å². The summed E-state index contributed by atoms with van der Waals surface area (Å²) in [5.41, 5.74) is 0. The average molecular weight is 1390 g/mol. The number of carbonyl (C=O) groups is 4. The summed E-state index contributed by atoms with van der Waals surface area (Å²) < 4.78 is 68.3. The summed E-state index contributed by atoms with van der Waals surface area (Å²) >= 11 is 0. The molecular formula is C77H132O17P2. The van der Waals surface area contributed by atoms with Gasteiger partial charge in [0.15, 0.2) is 12.2 Å². The molecule has 0 saturated heterocycles. The van der Waals surface area contributed by atoms with Gasteiger partial charge in [0.05, 0.1) is 26.4 Å². The number of esters is 4. The Balaban J connectivity index is 5.34. The summed E-state index contributed by atoms with van der Waals surface area (Å²) in [5.74, 6) is -2.25. The van der Waals surface area contributed by atoms with E-state index in [9.17, 15) is 43.2 Å². The molecule has 0 amide bonds. The third kappa shape index (κ3) is 68.3. The molecule has 0 aliphatic carbocycles. The third-order valence-electron chi connectivity index (χ3n) is 15.3. The molecular weight excluding hydrogens is 1260 g/mol. The van der Waals surface area contributed by atoms with Gasteiger partial charge in [-0.3, -0.25) is 37.3 Å². The van der Waals surface area contributed by atoms with E-state index in [1.807, 2.05) is 0 Å². The summed E-state index contributed by atoms with van der Waals surface area (Å²) in [4.78, 5) is 72.7. The van der Waals surface area contributed by atoms with Gasteiger partial charge < -0.3 is 33.8 Å². The first kappa shape index (κ1) is 91.7. The molecule has 0 saturated carbocycles. The van der Waals surface area contributed by atoms with Crippen LogP contribution in [0.5, 0.6) is 0 Å². The molecule has 0 aromatic rings. The molecule has 0 aromatic carbocycles. The van der Waals surface area contributed by atoms with E-state index in [4.69, 9.17) is 37.0 Å². The maximum absolute atomic E-state index is 13.0. The van der Waals surface area contributed by atoms with Gasteiger partial charge in [-0.1, -0.05) is 272 Å². The quantitative estimate of drug-likeness (QED) is 0.0169. The van der Waals surface area contributed by atoms with Crippen LogP contribution in [0, 0.1) is 0 Å². The van der Waals surface area contributed by atoms with Crippen LogP contribution in [0.25, 0.3) is 0 Å². The predicted molar refractivity (Wildman–Crippen MR) is 390 cm³/mol. The number of unbranched alkanes of at least 4 members (excludes halogenated alkanes) is 25. The highest BCUT2D eigenvalue weighted by Crippen LogP contribution is 2.45. The molecule has 0 bridgehead atoms. The Kier molecular flexibility index (Phi) is 66.1. The highest BCUT2D eigenvalue weighted by Gasteiger charge is 2.30. The van der Waals surface area contributed by atoms with Crippen molar-refractivity contribution in [1.82, 2.24) is 0 Å². The number of allylic oxidation sites excluding steroid dienone is 18. The maximum atomic E-state index is 13.0. The second kappa shape index (κ2) is 69.2. The first-order valence-corrected chi connectivity index (χ1v) is 40.1. The molecule has 552 valence electrons. The Morgan fingerprint density at radius 1 is 0.302 bits per heavy atom. The van der Waals surface area contributed by atoms with Gasteiger partial charge >= 0.3 is 39.5 Å². The van der Waals surface area contributed by atoms with Crippen LogP contribution in [-0.4, -0.2) is 96.7 Å². The number of aliphatic hydroxyl groups is 1. The zero-order valence-electron chi connectivity index (χ0n) is 60.0. The normalized spacial score (nSPS) is 14.6. The Morgan fingerprint density at radius 2 is 0.542 bits per heavy atom. The van der Waals surface area contributed by atoms with E-state index in [0.717, 1.165) is 141 Å². The zero-order chi connectivity index (χ0) is 70.4. The SMILES string of the molecule is CC/C=C\C/C=C\C/C=C\C/C=C\C/C=C\CCCCCC(=O)OCC(COP(=O)(O)OCC(O)COP(=O)(O)OCC(COC(=O)CCCC/C=C\C/C=C\C/C=C\C/C=C\CC)OC(=O)CCCCCCCCCCCCC)OC(=O)CCCCCCCCCCCCC. The van der Waals surface area contributed by atoms with Crippen molar-refractivity contribution in [2.24, 2.45) is 0 Å². The minimum atomic E-state index is -4.98. The van der Waals surface area contributed by atoms with Gasteiger partial charge in [0.2, 0.25) is 0 Å². The van der Waals surface area contributed by atoms with Crippen molar-refractivity contribution < 1.29 is 80.2 Å². The lowest BCUT2D eigenvalue weighted by molar-refractivity contribution is -0.161. The summed E-state index contributed by atoms with van der Waals surface area (Å²) in [6, 6.07) is 0. The molecule has 0 radical (unpaired) electrons. The maximum Gasteiger partial charge on any atom is 0.472 e. The summed E-state index contributed by atoms with van der Waals surface area (Å²) in [6.45, 7) is 4.54. The minimum absolute atomic E-state index is 0.0870. The Bertz CT molecular complexity index is 2250. The zero-order valence-corrected chi connectivity index (χ0v) is 61.8. The molecule has 0 spiro atoms. The van der Waals surface area contributed by atoms with Crippen LogP contribution in [0.2, 0.25) is 0 Å². The molecule has 3 N–H and O–H groups in total. The average Bonchev–Trinajstić information content (AvgIpc) is 1.15. The highest BCUT2D eigenvalue weighted by molar-refractivity contribution is 7.47. The Hall–Kier alpha value is -4.28. The van der Waals surface area contributed by atoms with Crippen LogP contribution in [0.1, 0.15) is 297 Å². The third-order valence-corrected chi connectivity index (χ3v) is 17.2. The fourth-order valence-electron chi connectivity index (χ4n) is 9.65. The highest BCUT2D eigenvalue weighted by atomic mass is 31.2. The van der Waals surface area contributed by atoms with Gasteiger partial charge in [-0.05, 0) is 109 Å². The summed E-state index contributed by atoms with van der Waals surface area (Å²) in [5, 5.41) is 10.6. The molecule has 0 rings (SSSR count). The fraction of sp³-hybridized carbons (Fsp3) is 0.714. The molecule has 5 atom stereocenters. The van der Waals surface area contributed by atoms with Crippen LogP contribution in [0.15, 0.2) is 109 Å². The largest absolute Gasteiger partial charge is 0.472 e. The van der Waals surface area contributed by atoms with E-state index in [1.165, 1.54) is 77.0 Å². The number of ether oxygens (including phenoxy) is 4. The van der Waals surface area contributed by atoms with Crippen molar-refractivity contribution in [3.8, 4) is 0 Å². The van der Waals surface area contributed by atoms with E-state index < -0.39 is 97.5 Å². The van der Waals surface area contributed by atoms with Crippen molar-refractivity contribution in [3.63, 3.8) is 0 Å². The lowest BCUT2D eigenvalue weighted by Gasteiger charge is -2.21. The topological polar surface area (TPSA) is 237 Å². The first-order chi connectivity index (χ1) is 46.7. The van der Waals surface area contributed by atoms with Crippen molar-refractivity contribution in [1.29, 1.82) is 0 Å². The van der Waals surface area contributed by atoms with Crippen LogP contribution >= 0.6 is 15.6 Å². The van der Waals surface area contributed by atoms with Crippen molar-refractivity contribution in [2.45, 2.75) is 316 Å². The van der Waals surface area contributed by atoms with Gasteiger partial charge in [-0.25, -0.2) is 9.13 Å². The number of aliphatic hydroxyl groups excluding tert-OH is 1. The van der Waals surface area contributed by atoms with Crippen molar-refractivity contribution in [3.05, 3.63) is 109 Å². The number of phosphoric acid groups is 2. The Labute approximate surface area is 581 Å². The molecule has 96 heavy (non-hydrogen) atoms. The number of rotatable bonds is 69. The van der Waals surface area contributed by atoms with E-state index in [-0.39, 0.29) is 25.7 Å². The van der Waals surface area contributed by atoms with Crippen LogP contribution < -0.4 is 0 Å². The molecule has 5 unspecified atom stereocenters. The van der Waals surface area contributed by atoms with Gasteiger partial charge in [0.25, 0.3) is 0 Å². The number of hydrogen-bond acceptors (Lipinski definition) is 15. The second-order valence-electron chi connectivity index (χ2n) is 24.5. The van der Waals surface area contributed by atoms with Crippen molar-refractivity contribution in [2.75, 3.05) is 39.6 Å². The van der Waals surface area contributed by atoms with Crippen LogP contribution in [0.3, 0.4) is 0 Å². The number of hydrogen-bond donors (Lipinski definition) is 3. The van der Waals surface area contributed by atoms with Crippen molar-refractivity contribution >= 4 is 39.5 Å². The molecule has 17 nitrogen and oxygen atoms in total. The van der Waals surface area contributed by atoms with E-state index in [2.05, 4.69) is 137 Å². The number of phosphoric ester groups is 2. The molecule has 0 aromatic heterocycles. The predicted octanol–water partition coefficient (Wildman–Crippen LogP) is 21.0. The second-order valence-corrected chi connectivity index (χ2v) is 27.4. The first-order valence-electron chi connectivity index (χ1n) is 37.1. The summed E-state index contributed by atoms with van der Waals surface area (Å²) in [6.07, 6.45) is 72.4. The molecule has 19 heteroatoms.